The summed E-state index contributed by atoms with van der Waals surface area (Å²) in [5.41, 5.74) is 0. The highest BCUT2D eigenvalue weighted by atomic mass is 16.8. The van der Waals surface area contributed by atoms with Gasteiger partial charge in [0.15, 0.2) is 18.9 Å². The Labute approximate surface area is 593 Å². The Kier molecular flexibility index (Phi) is 55.5. The summed E-state index contributed by atoms with van der Waals surface area (Å²) in [7, 11) is 0. The minimum absolute atomic E-state index is 0.239. The molecule has 1 amide bonds. The number of hydrogen-bond acceptors (Lipinski definition) is 18. The molecule has 0 bridgehead atoms. The smallest absolute Gasteiger partial charge is 0.220 e. The number of allylic oxidation sites excluding steroid dienone is 5. The van der Waals surface area contributed by atoms with Crippen molar-refractivity contribution in [3.8, 4) is 0 Å². The lowest BCUT2D eigenvalue weighted by Gasteiger charge is -2.48. The Morgan fingerprint density at radius 3 is 1.04 bits per heavy atom. The standard InChI is InChI=1S/C79H147NO18/c1-3-5-7-9-11-13-15-17-19-21-23-25-26-27-28-29-30-31-32-33-34-35-37-38-40-42-44-46-48-50-52-54-56-63(84)62(80-67(85)57-55-53-51-49-47-45-43-41-39-36-24-22-20-18-16-14-12-10-8-6-4-2)61-93-77-73(91)70(88)75(65(59-82)95-77)98-79-74(92)71(89)76(66(60-83)96-79)97-78-72(90)69(87)68(86)64(58-81)94-78/h16,18,22,24,54,56,62-66,68-79,81-84,86-92H,3-15,17,19-21,23,25-53,55,57-61H2,1-2H3,(H,80,85)/b18-16-,24-22-,56-54+. The lowest BCUT2D eigenvalue weighted by Crippen LogP contribution is -2.66. The molecule has 0 aromatic rings. The van der Waals surface area contributed by atoms with E-state index >= 15 is 0 Å². The van der Waals surface area contributed by atoms with Gasteiger partial charge in [0.2, 0.25) is 5.91 Å². The summed E-state index contributed by atoms with van der Waals surface area (Å²) < 4.78 is 34.4. The third-order valence-corrected chi connectivity index (χ3v) is 20.2. The molecule has 0 radical (unpaired) electrons. The fraction of sp³-hybridized carbons (Fsp3) is 0.911. The second-order valence-corrected chi connectivity index (χ2v) is 28.9. The number of rotatable bonds is 64. The first kappa shape index (κ1) is 90.2. The largest absolute Gasteiger partial charge is 0.394 e. The fourth-order valence-corrected chi connectivity index (χ4v) is 13.7. The molecule has 3 aliphatic heterocycles. The van der Waals surface area contributed by atoms with E-state index in [4.69, 9.17) is 28.4 Å². The zero-order valence-electron chi connectivity index (χ0n) is 61.5. The number of nitrogens with one attached hydrogen (secondary N) is 1. The van der Waals surface area contributed by atoms with Crippen LogP contribution in [0.1, 0.15) is 328 Å². The fourth-order valence-electron chi connectivity index (χ4n) is 13.7. The molecule has 17 atom stereocenters. The Morgan fingerprint density at radius 2 is 0.673 bits per heavy atom. The second kappa shape index (κ2) is 60.3. The lowest BCUT2D eigenvalue weighted by atomic mass is 9.96. The summed E-state index contributed by atoms with van der Waals surface area (Å²) in [6.45, 7) is 1.77. The number of hydrogen-bond donors (Lipinski definition) is 12. The van der Waals surface area contributed by atoms with Gasteiger partial charge in [0, 0.05) is 6.42 Å². The van der Waals surface area contributed by atoms with Crippen LogP contribution in [0, 0.1) is 0 Å². The highest BCUT2D eigenvalue weighted by Crippen LogP contribution is 2.33. The minimum atomic E-state index is -1.98. The van der Waals surface area contributed by atoms with E-state index in [9.17, 15) is 61.0 Å². The maximum atomic E-state index is 13.5. The van der Waals surface area contributed by atoms with E-state index in [0.717, 1.165) is 64.2 Å². The predicted octanol–water partition coefficient (Wildman–Crippen LogP) is 13.1. The van der Waals surface area contributed by atoms with Crippen LogP contribution in [0.4, 0.5) is 0 Å². The van der Waals surface area contributed by atoms with E-state index in [2.05, 4.69) is 43.5 Å². The number of amides is 1. The van der Waals surface area contributed by atoms with Crippen LogP contribution in [0.25, 0.3) is 0 Å². The zero-order valence-corrected chi connectivity index (χ0v) is 61.5. The number of ether oxygens (including phenoxy) is 6. The molecule has 12 N–H and O–H groups in total. The Hall–Kier alpha value is -1.99. The highest BCUT2D eigenvalue weighted by Gasteiger charge is 2.54. The molecular formula is C79H147NO18. The van der Waals surface area contributed by atoms with Crippen LogP contribution in [0.15, 0.2) is 36.5 Å². The summed E-state index contributed by atoms with van der Waals surface area (Å²) in [5, 5.41) is 121. The summed E-state index contributed by atoms with van der Waals surface area (Å²) in [6.07, 6.45) is 47.1. The van der Waals surface area contributed by atoms with Crippen LogP contribution in [-0.2, 0) is 33.2 Å². The molecule has 576 valence electrons. The third-order valence-electron chi connectivity index (χ3n) is 20.2. The zero-order chi connectivity index (χ0) is 71.1. The summed E-state index contributed by atoms with van der Waals surface area (Å²) >= 11 is 0. The Morgan fingerprint density at radius 1 is 0.367 bits per heavy atom. The lowest BCUT2D eigenvalue weighted by molar-refractivity contribution is -0.379. The summed E-state index contributed by atoms with van der Waals surface area (Å²) in [4.78, 5) is 13.5. The number of unbranched alkanes of at least 4 members (excludes halogenated alkanes) is 44. The van der Waals surface area contributed by atoms with Crippen molar-refractivity contribution in [2.45, 2.75) is 433 Å². The third kappa shape index (κ3) is 40.3. The molecule has 0 saturated carbocycles. The maximum Gasteiger partial charge on any atom is 0.220 e. The molecule has 0 aromatic heterocycles. The van der Waals surface area contributed by atoms with E-state index < -0.39 is 124 Å². The second-order valence-electron chi connectivity index (χ2n) is 28.9. The van der Waals surface area contributed by atoms with Crippen molar-refractivity contribution in [1.82, 2.24) is 5.32 Å². The van der Waals surface area contributed by atoms with Gasteiger partial charge in [0.25, 0.3) is 0 Å². The molecule has 3 heterocycles. The molecule has 19 heteroatoms. The van der Waals surface area contributed by atoms with Gasteiger partial charge in [-0.25, -0.2) is 0 Å². The molecule has 3 saturated heterocycles. The Bertz CT molecular complexity index is 1910. The van der Waals surface area contributed by atoms with Crippen molar-refractivity contribution in [3.05, 3.63) is 36.5 Å². The predicted molar refractivity (Wildman–Crippen MR) is 388 cm³/mol. The van der Waals surface area contributed by atoms with Crippen molar-refractivity contribution >= 4 is 5.91 Å². The maximum absolute atomic E-state index is 13.5. The van der Waals surface area contributed by atoms with Crippen molar-refractivity contribution in [2.24, 2.45) is 0 Å². The van der Waals surface area contributed by atoms with Gasteiger partial charge in [0.1, 0.15) is 73.2 Å². The molecule has 19 nitrogen and oxygen atoms in total. The molecule has 3 aliphatic rings. The van der Waals surface area contributed by atoms with Crippen LogP contribution >= 0.6 is 0 Å². The highest BCUT2D eigenvalue weighted by molar-refractivity contribution is 5.76. The molecule has 98 heavy (non-hydrogen) atoms. The van der Waals surface area contributed by atoms with Crippen LogP contribution in [0.2, 0.25) is 0 Å². The summed E-state index contributed by atoms with van der Waals surface area (Å²) in [6, 6.07) is -0.977. The minimum Gasteiger partial charge on any atom is -0.394 e. The van der Waals surface area contributed by atoms with Crippen molar-refractivity contribution in [3.63, 3.8) is 0 Å². The first-order chi connectivity index (χ1) is 47.8. The van der Waals surface area contributed by atoms with E-state index in [1.165, 1.54) is 238 Å². The van der Waals surface area contributed by atoms with Crippen LogP contribution in [0.3, 0.4) is 0 Å². The van der Waals surface area contributed by atoms with Crippen LogP contribution in [-0.4, -0.2) is 193 Å². The molecule has 3 fully saturated rings. The van der Waals surface area contributed by atoms with Gasteiger partial charge in [-0.2, -0.15) is 0 Å². The number of aliphatic hydroxyl groups is 11. The van der Waals surface area contributed by atoms with E-state index in [0.29, 0.717) is 6.42 Å². The van der Waals surface area contributed by atoms with Gasteiger partial charge >= 0.3 is 0 Å². The SMILES string of the molecule is CCCCCCC/C=C\C/C=C\CCCCCCCCCCCC(=O)NC(COC1OC(CO)C(OC2OC(CO)C(OC3OC(CO)C(O)C(O)C3O)C(O)C2O)C(O)C1O)C(O)/C=C/CCCCCCCCCCCCCCCCCCCCCCCCCCCCCCCC. The average Bonchev–Trinajstić information content (AvgIpc) is 0.784. The van der Waals surface area contributed by atoms with Gasteiger partial charge in [-0.1, -0.05) is 307 Å². The van der Waals surface area contributed by atoms with Gasteiger partial charge in [-0.3, -0.25) is 4.79 Å². The molecule has 0 spiro atoms. The number of carbonyl (C=O) groups excluding carboxylic acids is 1. The molecule has 0 aliphatic carbocycles. The molecule has 3 rings (SSSR count). The molecular weight excluding hydrogens is 1250 g/mol. The molecule has 0 aromatic carbocycles. The Balaban J connectivity index is 1.37. The van der Waals surface area contributed by atoms with E-state index in [1.807, 2.05) is 6.08 Å². The van der Waals surface area contributed by atoms with Gasteiger partial charge in [0.05, 0.1) is 38.6 Å². The normalized spacial score (nSPS) is 26.9. The van der Waals surface area contributed by atoms with Crippen LogP contribution < -0.4 is 5.32 Å². The first-order valence-electron chi connectivity index (χ1n) is 40.2. The van der Waals surface area contributed by atoms with Crippen molar-refractivity contribution in [1.29, 1.82) is 0 Å². The van der Waals surface area contributed by atoms with Crippen molar-refractivity contribution in [2.75, 3.05) is 26.4 Å². The quantitative estimate of drug-likeness (QED) is 0.0199. The number of carbonyl (C=O) groups is 1. The average molecular weight is 1400 g/mol. The van der Waals surface area contributed by atoms with Gasteiger partial charge in [-0.15, -0.1) is 0 Å². The monoisotopic (exact) mass is 1400 g/mol. The van der Waals surface area contributed by atoms with Crippen molar-refractivity contribution < 1.29 is 89.4 Å². The van der Waals surface area contributed by atoms with E-state index in [-0.39, 0.29) is 18.9 Å². The molecule has 17 unspecified atom stereocenters. The van der Waals surface area contributed by atoms with Gasteiger partial charge < -0.3 is 89.9 Å². The topological polar surface area (TPSA) is 307 Å². The first-order valence-corrected chi connectivity index (χ1v) is 40.2. The van der Waals surface area contributed by atoms with Gasteiger partial charge in [-0.05, 0) is 51.4 Å². The summed E-state index contributed by atoms with van der Waals surface area (Å²) in [5.74, 6) is -0.276. The number of aliphatic hydroxyl groups excluding tert-OH is 11. The van der Waals surface area contributed by atoms with E-state index in [1.54, 1.807) is 6.08 Å². The van der Waals surface area contributed by atoms with Crippen LogP contribution in [0.5, 0.6) is 0 Å².